The van der Waals surface area contributed by atoms with Crippen LogP contribution in [0.4, 0.5) is 0 Å². The van der Waals surface area contributed by atoms with Gasteiger partial charge in [0.2, 0.25) is 5.91 Å². The Balaban J connectivity index is 1.41. The first-order chi connectivity index (χ1) is 13.7. The van der Waals surface area contributed by atoms with Crippen molar-refractivity contribution in [1.82, 2.24) is 19.6 Å². The second-order valence-corrected chi connectivity index (χ2v) is 7.21. The molecule has 1 aliphatic rings. The summed E-state index contributed by atoms with van der Waals surface area (Å²) in [6, 6.07) is 14.2. The van der Waals surface area contributed by atoms with E-state index in [0.29, 0.717) is 6.54 Å². The summed E-state index contributed by atoms with van der Waals surface area (Å²) in [4.78, 5) is 19.5. The number of benzene rings is 1. The van der Waals surface area contributed by atoms with Crippen molar-refractivity contribution in [3.05, 3.63) is 66.1 Å². The molecule has 6 heteroatoms. The lowest BCUT2D eigenvalue weighted by Crippen LogP contribution is -2.37. The molecule has 1 aliphatic heterocycles. The number of methoxy groups -OCH3 is 1. The monoisotopic (exact) mass is 378 g/mol. The molecular formula is C22H26N4O2. The van der Waals surface area contributed by atoms with Crippen LogP contribution in [0.5, 0.6) is 5.75 Å². The summed E-state index contributed by atoms with van der Waals surface area (Å²) in [5.74, 6) is 0.848. The van der Waals surface area contributed by atoms with E-state index in [1.807, 2.05) is 47.1 Å². The van der Waals surface area contributed by atoms with Gasteiger partial charge >= 0.3 is 0 Å². The van der Waals surface area contributed by atoms with Gasteiger partial charge in [-0.25, -0.2) is 4.98 Å². The molecule has 1 aromatic carbocycles. The van der Waals surface area contributed by atoms with E-state index in [9.17, 15) is 4.79 Å². The standard InChI is InChI=1S/C22H26N4O2/c1-28-19-9-7-17(8-10-19)20(25-11-4-5-12-25)15-23-22(27)14-18-16-26-13-3-2-6-21(26)24-18/h2-3,6-10,13,16,20H,4-5,11-12,14-15H2,1H3,(H,23,27). The maximum Gasteiger partial charge on any atom is 0.226 e. The van der Waals surface area contributed by atoms with E-state index in [-0.39, 0.29) is 18.4 Å². The molecule has 4 rings (SSSR count). The average molecular weight is 378 g/mol. The van der Waals surface area contributed by atoms with Crippen molar-refractivity contribution in [1.29, 1.82) is 0 Å². The Morgan fingerprint density at radius 1 is 1.18 bits per heavy atom. The van der Waals surface area contributed by atoms with Crippen LogP contribution in [0.25, 0.3) is 5.65 Å². The minimum absolute atomic E-state index is 0.00103. The first kappa shape index (κ1) is 18.5. The fourth-order valence-corrected chi connectivity index (χ4v) is 3.85. The summed E-state index contributed by atoms with van der Waals surface area (Å²) < 4.78 is 7.21. The Labute approximate surface area is 165 Å². The first-order valence-electron chi connectivity index (χ1n) is 9.80. The van der Waals surface area contributed by atoms with Crippen LogP contribution < -0.4 is 10.1 Å². The smallest absolute Gasteiger partial charge is 0.226 e. The van der Waals surface area contributed by atoms with E-state index in [0.717, 1.165) is 30.2 Å². The molecule has 1 N–H and O–H groups in total. The maximum atomic E-state index is 12.5. The van der Waals surface area contributed by atoms with Crippen LogP contribution in [0.3, 0.4) is 0 Å². The quantitative estimate of drug-likeness (QED) is 0.687. The van der Waals surface area contributed by atoms with Crippen molar-refractivity contribution < 1.29 is 9.53 Å². The normalized spacial score (nSPS) is 15.6. The molecule has 1 saturated heterocycles. The summed E-state index contributed by atoms with van der Waals surface area (Å²) in [7, 11) is 1.67. The van der Waals surface area contributed by atoms with Crippen LogP contribution in [0.15, 0.2) is 54.9 Å². The highest BCUT2D eigenvalue weighted by atomic mass is 16.5. The molecule has 3 heterocycles. The molecule has 0 radical (unpaired) electrons. The fraction of sp³-hybridized carbons (Fsp3) is 0.364. The molecule has 1 fully saturated rings. The molecule has 3 aromatic rings. The van der Waals surface area contributed by atoms with E-state index in [2.05, 4.69) is 27.3 Å². The van der Waals surface area contributed by atoms with Gasteiger partial charge in [-0.3, -0.25) is 9.69 Å². The number of imidazole rings is 1. The van der Waals surface area contributed by atoms with Gasteiger partial charge in [0.05, 0.1) is 25.3 Å². The first-order valence-corrected chi connectivity index (χ1v) is 9.80. The predicted octanol–water partition coefficient (Wildman–Crippen LogP) is 2.84. The number of hydrogen-bond donors (Lipinski definition) is 1. The lowest BCUT2D eigenvalue weighted by atomic mass is 10.1. The van der Waals surface area contributed by atoms with Crippen molar-refractivity contribution in [2.45, 2.75) is 25.3 Å². The number of nitrogens with one attached hydrogen (secondary N) is 1. The van der Waals surface area contributed by atoms with Gasteiger partial charge in [0.1, 0.15) is 11.4 Å². The highest BCUT2D eigenvalue weighted by Gasteiger charge is 2.24. The van der Waals surface area contributed by atoms with Gasteiger partial charge in [0.15, 0.2) is 0 Å². The average Bonchev–Trinajstić information content (AvgIpc) is 3.38. The lowest BCUT2D eigenvalue weighted by molar-refractivity contribution is -0.120. The van der Waals surface area contributed by atoms with Crippen molar-refractivity contribution in [2.75, 3.05) is 26.7 Å². The van der Waals surface area contributed by atoms with E-state index >= 15 is 0 Å². The number of fused-ring (bicyclic) bond motifs is 1. The number of rotatable bonds is 7. The highest BCUT2D eigenvalue weighted by molar-refractivity contribution is 5.78. The molecule has 0 bridgehead atoms. The molecule has 0 spiro atoms. The number of aromatic nitrogens is 2. The van der Waals surface area contributed by atoms with Gasteiger partial charge in [-0.1, -0.05) is 18.2 Å². The van der Waals surface area contributed by atoms with Crippen molar-refractivity contribution in [2.24, 2.45) is 0 Å². The molecule has 1 atom stereocenters. The zero-order chi connectivity index (χ0) is 19.3. The topological polar surface area (TPSA) is 58.9 Å². The lowest BCUT2D eigenvalue weighted by Gasteiger charge is -2.28. The maximum absolute atomic E-state index is 12.5. The second-order valence-electron chi connectivity index (χ2n) is 7.21. The van der Waals surface area contributed by atoms with Gasteiger partial charge in [0, 0.05) is 18.9 Å². The third kappa shape index (κ3) is 4.17. The second kappa shape index (κ2) is 8.44. The van der Waals surface area contributed by atoms with Crippen LogP contribution in [-0.2, 0) is 11.2 Å². The molecule has 6 nitrogen and oxygen atoms in total. The van der Waals surface area contributed by atoms with Crippen LogP contribution >= 0.6 is 0 Å². The van der Waals surface area contributed by atoms with Crippen LogP contribution in [0.1, 0.15) is 30.1 Å². The Bertz CT molecular complexity index is 896. The molecule has 1 unspecified atom stereocenters. The van der Waals surface area contributed by atoms with Gasteiger partial charge in [-0.05, 0) is 55.8 Å². The van der Waals surface area contributed by atoms with Crippen LogP contribution in [0, 0.1) is 0 Å². The number of pyridine rings is 1. The molecule has 28 heavy (non-hydrogen) atoms. The predicted molar refractivity (Wildman–Crippen MR) is 108 cm³/mol. The summed E-state index contributed by atoms with van der Waals surface area (Å²) in [6.07, 6.45) is 6.56. The number of amides is 1. The Hall–Kier alpha value is -2.86. The van der Waals surface area contributed by atoms with E-state index in [1.54, 1.807) is 7.11 Å². The summed E-state index contributed by atoms with van der Waals surface area (Å²) in [5, 5.41) is 3.12. The molecule has 0 aliphatic carbocycles. The molecule has 146 valence electrons. The van der Waals surface area contributed by atoms with Gasteiger partial charge in [0.25, 0.3) is 0 Å². The van der Waals surface area contributed by atoms with Crippen LogP contribution in [0.2, 0.25) is 0 Å². The molecule has 0 saturated carbocycles. The number of carbonyl (C=O) groups excluding carboxylic acids is 1. The minimum atomic E-state index is 0.00103. The Kier molecular flexibility index (Phi) is 5.58. The third-order valence-corrected chi connectivity index (χ3v) is 5.33. The zero-order valence-electron chi connectivity index (χ0n) is 16.2. The number of likely N-dealkylation sites (tertiary alicyclic amines) is 1. The number of ether oxygens (including phenoxy) is 1. The number of hydrogen-bond acceptors (Lipinski definition) is 4. The Morgan fingerprint density at radius 2 is 1.96 bits per heavy atom. The number of carbonyl (C=O) groups is 1. The van der Waals surface area contributed by atoms with Gasteiger partial charge in [-0.15, -0.1) is 0 Å². The van der Waals surface area contributed by atoms with Crippen molar-refractivity contribution in [3.63, 3.8) is 0 Å². The van der Waals surface area contributed by atoms with Gasteiger partial charge in [-0.2, -0.15) is 0 Å². The van der Waals surface area contributed by atoms with E-state index < -0.39 is 0 Å². The molecular weight excluding hydrogens is 352 g/mol. The molecule has 1 amide bonds. The zero-order valence-corrected chi connectivity index (χ0v) is 16.2. The van der Waals surface area contributed by atoms with E-state index in [4.69, 9.17) is 4.74 Å². The summed E-state index contributed by atoms with van der Waals surface area (Å²) in [5.41, 5.74) is 2.85. The van der Waals surface area contributed by atoms with Crippen molar-refractivity contribution >= 4 is 11.6 Å². The summed E-state index contributed by atoms with van der Waals surface area (Å²) in [6.45, 7) is 2.73. The SMILES string of the molecule is COc1ccc(C(CNC(=O)Cc2cn3ccccc3n2)N2CCCC2)cc1. The molecule has 2 aromatic heterocycles. The van der Waals surface area contributed by atoms with E-state index in [1.165, 1.54) is 18.4 Å². The Morgan fingerprint density at radius 3 is 2.68 bits per heavy atom. The minimum Gasteiger partial charge on any atom is -0.497 e. The van der Waals surface area contributed by atoms with Crippen molar-refractivity contribution in [3.8, 4) is 5.75 Å². The largest absolute Gasteiger partial charge is 0.497 e. The third-order valence-electron chi connectivity index (χ3n) is 5.33. The fourth-order valence-electron chi connectivity index (χ4n) is 3.85. The van der Waals surface area contributed by atoms with Gasteiger partial charge < -0.3 is 14.5 Å². The summed E-state index contributed by atoms with van der Waals surface area (Å²) >= 11 is 0. The highest BCUT2D eigenvalue weighted by Crippen LogP contribution is 2.26. The number of nitrogens with zero attached hydrogens (tertiary/aromatic N) is 3. The van der Waals surface area contributed by atoms with Crippen LogP contribution in [-0.4, -0.2) is 46.9 Å².